The lowest BCUT2D eigenvalue weighted by molar-refractivity contribution is -0.143. The van der Waals surface area contributed by atoms with E-state index in [1.54, 1.807) is 23.1 Å². The lowest BCUT2D eigenvalue weighted by Crippen LogP contribution is -2.47. The summed E-state index contributed by atoms with van der Waals surface area (Å²) in [5.41, 5.74) is 0.530. The van der Waals surface area contributed by atoms with E-state index in [0.29, 0.717) is 30.8 Å². The smallest absolute Gasteiger partial charge is 0.308 e. The fraction of sp³-hybridized carbons (Fsp3) is 0.579. The number of carboxylic acids is 1. The van der Waals surface area contributed by atoms with Gasteiger partial charge in [-0.25, -0.2) is 0 Å². The van der Waals surface area contributed by atoms with Crippen LogP contribution in [0, 0.1) is 5.92 Å². The van der Waals surface area contributed by atoms with Crippen LogP contribution in [-0.4, -0.2) is 53.8 Å². The van der Waals surface area contributed by atoms with E-state index in [4.69, 9.17) is 9.47 Å². The Morgan fingerprint density at radius 1 is 1.32 bits per heavy atom. The summed E-state index contributed by atoms with van der Waals surface area (Å²) in [6, 6.07) is 7.14. The van der Waals surface area contributed by atoms with E-state index in [-0.39, 0.29) is 24.6 Å². The van der Waals surface area contributed by atoms with Crippen molar-refractivity contribution in [2.45, 2.75) is 44.8 Å². The molecule has 3 rings (SSSR count). The summed E-state index contributed by atoms with van der Waals surface area (Å²) in [5, 5.41) is 9.24. The van der Waals surface area contributed by atoms with Crippen LogP contribution in [0.25, 0.3) is 0 Å². The number of nitrogens with zero attached hydrogens (tertiary/aromatic N) is 1. The van der Waals surface area contributed by atoms with Gasteiger partial charge in [-0.1, -0.05) is 6.07 Å². The SMILES string of the molecule is CC1CCC(C(=O)O)CN1C(=O)c1cccc(OCC2CCCO2)c1. The van der Waals surface area contributed by atoms with Gasteiger partial charge in [-0.2, -0.15) is 0 Å². The van der Waals surface area contributed by atoms with Crippen molar-refractivity contribution in [1.82, 2.24) is 4.90 Å². The van der Waals surface area contributed by atoms with Crippen molar-refractivity contribution < 1.29 is 24.2 Å². The maximum absolute atomic E-state index is 12.8. The van der Waals surface area contributed by atoms with Crippen LogP contribution in [0.5, 0.6) is 5.75 Å². The molecule has 1 aromatic rings. The van der Waals surface area contributed by atoms with E-state index < -0.39 is 11.9 Å². The number of carboxylic acid groups (broad SMARTS) is 1. The fourth-order valence-electron chi connectivity index (χ4n) is 3.44. The summed E-state index contributed by atoms with van der Waals surface area (Å²) in [6.45, 7) is 3.49. The molecule has 3 unspecified atom stereocenters. The highest BCUT2D eigenvalue weighted by atomic mass is 16.5. The van der Waals surface area contributed by atoms with E-state index in [1.807, 2.05) is 13.0 Å². The fourth-order valence-corrected chi connectivity index (χ4v) is 3.44. The number of likely N-dealkylation sites (tertiary alicyclic amines) is 1. The zero-order valence-electron chi connectivity index (χ0n) is 14.5. The first kappa shape index (κ1) is 17.7. The van der Waals surface area contributed by atoms with Crippen LogP contribution in [0.4, 0.5) is 0 Å². The lowest BCUT2D eigenvalue weighted by Gasteiger charge is -2.36. The lowest BCUT2D eigenvalue weighted by atomic mass is 9.93. The molecule has 2 aliphatic rings. The topological polar surface area (TPSA) is 76.1 Å². The van der Waals surface area contributed by atoms with E-state index in [2.05, 4.69) is 0 Å². The summed E-state index contributed by atoms with van der Waals surface area (Å²) in [5.74, 6) is -0.820. The quantitative estimate of drug-likeness (QED) is 0.886. The summed E-state index contributed by atoms with van der Waals surface area (Å²) < 4.78 is 11.3. The number of hydrogen-bond donors (Lipinski definition) is 1. The highest BCUT2D eigenvalue weighted by molar-refractivity contribution is 5.95. The first-order chi connectivity index (χ1) is 12.0. The second-order valence-corrected chi connectivity index (χ2v) is 6.89. The van der Waals surface area contributed by atoms with Gasteiger partial charge < -0.3 is 19.5 Å². The zero-order valence-corrected chi connectivity index (χ0v) is 14.5. The molecule has 0 aliphatic carbocycles. The first-order valence-electron chi connectivity index (χ1n) is 8.93. The minimum Gasteiger partial charge on any atom is -0.491 e. The van der Waals surface area contributed by atoms with Crippen LogP contribution < -0.4 is 4.74 Å². The number of hydrogen-bond acceptors (Lipinski definition) is 4. The Labute approximate surface area is 147 Å². The summed E-state index contributed by atoms with van der Waals surface area (Å²) >= 11 is 0. The number of aliphatic carboxylic acids is 1. The van der Waals surface area contributed by atoms with Gasteiger partial charge in [0.1, 0.15) is 12.4 Å². The van der Waals surface area contributed by atoms with Crippen LogP contribution in [0.1, 0.15) is 43.0 Å². The number of amides is 1. The third-order valence-corrected chi connectivity index (χ3v) is 5.03. The van der Waals surface area contributed by atoms with Crippen LogP contribution in [0.15, 0.2) is 24.3 Å². The number of carbonyl (C=O) groups is 2. The normalized spacial score (nSPS) is 26.4. The van der Waals surface area contributed by atoms with Gasteiger partial charge in [-0.05, 0) is 50.8 Å². The van der Waals surface area contributed by atoms with E-state index in [1.165, 1.54) is 0 Å². The van der Waals surface area contributed by atoms with Crippen molar-refractivity contribution in [3.8, 4) is 5.75 Å². The van der Waals surface area contributed by atoms with Gasteiger partial charge in [-0.15, -0.1) is 0 Å². The number of carbonyl (C=O) groups excluding carboxylic acids is 1. The van der Waals surface area contributed by atoms with Gasteiger partial charge in [-0.3, -0.25) is 9.59 Å². The van der Waals surface area contributed by atoms with E-state index in [0.717, 1.165) is 19.4 Å². The van der Waals surface area contributed by atoms with Crippen molar-refractivity contribution in [3.05, 3.63) is 29.8 Å². The molecule has 0 saturated carbocycles. The molecule has 6 nitrogen and oxygen atoms in total. The molecular formula is C19H25NO5. The molecule has 2 heterocycles. The van der Waals surface area contributed by atoms with Crippen molar-refractivity contribution >= 4 is 11.9 Å². The van der Waals surface area contributed by atoms with Crippen molar-refractivity contribution in [3.63, 3.8) is 0 Å². The minimum atomic E-state index is -0.835. The Bertz CT molecular complexity index is 626. The van der Waals surface area contributed by atoms with Gasteiger partial charge in [0.25, 0.3) is 5.91 Å². The molecule has 1 N–H and O–H groups in total. The molecule has 0 bridgehead atoms. The second-order valence-electron chi connectivity index (χ2n) is 6.89. The standard InChI is InChI=1S/C19H25NO5/c1-13-7-8-15(19(22)23)11-20(13)18(21)14-4-2-5-16(10-14)25-12-17-6-3-9-24-17/h2,4-5,10,13,15,17H,3,6-9,11-12H2,1H3,(H,22,23). The average Bonchev–Trinajstić information content (AvgIpc) is 3.13. The Morgan fingerprint density at radius 2 is 2.16 bits per heavy atom. The van der Waals surface area contributed by atoms with E-state index in [9.17, 15) is 14.7 Å². The third kappa shape index (κ3) is 4.31. The maximum Gasteiger partial charge on any atom is 0.308 e. The number of benzene rings is 1. The van der Waals surface area contributed by atoms with Gasteiger partial charge in [0.15, 0.2) is 0 Å². The van der Waals surface area contributed by atoms with Gasteiger partial charge in [0.2, 0.25) is 0 Å². The molecule has 2 fully saturated rings. The molecular weight excluding hydrogens is 322 g/mol. The highest BCUT2D eigenvalue weighted by Gasteiger charge is 2.33. The molecule has 3 atom stereocenters. The summed E-state index contributed by atoms with van der Waals surface area (Å²) in [7, 11) is 0. The molecule has 6 heteroatoms. The predicted molar refractivity (Wildman–Crippen MR) is 91.8 cm³/mol. The molecule has 136 valence electrons. The monoisotopic (exact) mass is 347 g/mol. The molecule has 1 amide bonds. The second kappa shape index (κ2) is 7.87. The number of rotatable bonds is 5. The predicted octanol–water partition coefficient (Wildman–Crippen LogP) is 2.57. The molecule has 25 heavy (non-hydrogen) atoms. The van der Waals surface area contributed by atoms with Crippen LogP contribution in [0.3, 0.4) is 0 Å². The maximum atomic E-state index is 12.8. The van der Waals surface area contributed by atoms with Crippen molar-refractivity contribution in [2.75, 3.05) is 19.8 Å². The van der Waals surface area contributed by atoms with Crippen LogP contribution in [0.2, 0.25) is 0 Å². The Balaban J connectivity index is 1.66. The summed E-state index contributed by atoms with van der Waals surface area (Å²) in [6.07, 6.45) is 3.51. The zero-order chi connectivity index (χ0) is 17.8. The molecule has 0 radical (unpaired) electrons. The summed E-state index contributed by atoms with van der Waals surface area (Å²) in [4.78, 5) is 25.8. The highest BCUT2D eigenvalue weighted by Crippen LogP contribution is 2.25. The number of piperidine rings is 1. The van der Waals surface area contributed by atoms with Crippen LogP contribution >= 0.6 is 0 Å². The van der Waals surface area contributed by atoms with E-state index >= 15 is 0 Å². The first-order valence-corrected chi connectivity index (χ1v) is 8.93. The number of ether oxygens (including phenoxy) is 2. The average molecular weight is 347 g/mol. The van der Waals surface area contributed by atoms with Gasteiger partial charge >= 0.3 is 5.97 Å². The Hall–Kier alpha value is -2.08. The third-order valence-electron chi connectivity index (χ3n) is 5.03. The van der Waals surface area contributed by atoms with Crippen LogP contribution in [-0.2, 0) is 9.53 Å². The molecule has 2 aliphatic heterocycles. The largest absolute Gasteiger partial charge is 0.491 e. The Kier molecular flexibility index (Phi) is 5.58. The molecule has 0 aromatic heterocycles. The molecule has 1 aromatic carbocycles. The van der Waals surface area contributed by atoms with Gasteiger partial charge in [0.05, 0.1) is 12.0 Å². The van der Waals surface area contributed by atoms with Gasteiger partial charge in [0, 0.05) is 24.8 Å². The van der Waals surface area contributed by atoms with Crippen molar-refractivity contribution in [2.24, 2.45) is 5.92 Å². The molecule has 0 spiro atoms. The van der Waals surface area contributed by atoms with Crippen molar-refractivity contribution in [1.29, 1.82) is 0 Å². The molecule has 2 saturated heterocycles. The minimum absolute atomic E-state index is 0.0413. The Morgan fingerprint density at radius 3 is 2.88 bits per heavy atom.